The van der Waals surface area contributed by atoms with Gasteiger partial charge < -0.3 is 15.0 Å². The van der Waals surface area contributed by atoms with E-state index in [9.17, 15) is 0 Å². The Morgan fingerprint density at radius 2 is 2.20 bits per heavy atom. The van der Waals surface area contributed by atoms with Crippen molar-refractivity contribution in [1.29, 1.82) is 0 Å². The highest BCUT2D eigenvalue weighted by Gasteiger charge is 2.28. The first-order valence-electron chi connectivity index (χ1n) is 6.20. The maximum Gasteiger partial charge on any atom is 0.259 e. The van der Waals surface area contributed by atoms with E-state index in [0.717, 1.165) is 10.9 Å². The summed E-state index contributed by atoms with van der Waals surface area (Å²) in [5, 5.41) is 7.11. The number of methoxy groups -OCH3 is 1. The minimum Gasteiger partial charge on any atom is -0.382 e. The van der Waals surface area contributed by atoms with Crippen molar-refractivity contribution in [3.05, 3.63) is 35.5 Å². The largest absolute Gasteiger partial charge is 0.382 e. The second-order valence-electron chi connectivity index (χ2n) is 4.92. The first-order chi connectivity index (χ1) is 9.62. The highest BCUT2D eigenvalue weighted by Crippen LogP contribution is 2.33. The van der Waals surface area contributed by atoms with Crippen LogP contribution in [0.1, 0.15) is 12.7 Å². The van der Waals surface area contributed by atoms with E-state index in [1.165, 1.54) is 4.70 Å². The average molecular weight is 289 g/mol. The van der Waals surface area contributed by atoms with Crippen LogP contribution in [-0.4, -0.2) is 23.9 Å². The van der Waals surface area contributed by atoms with Gasteiger partial charge in [0.1, 0.15) is 5.54 Å². The Balaban J connectivity index is 2.02. The van der Waals surface area contributed by atoms with E-state index in [0.29, 0.717) is 18.3 Å². The summed E-state index contributed by atoms with van der Waals surface area (Å²) < 4.78 is 11.6. The molecular formula is C14H15N3O2S. The predicted molar refractivity (Wildman–Crippen MR) is 78.5 cm³/mol. The zero-order valence-electron chi connectivity index (χ0n) is 11.3. The summed E-state index contributed by atoms with van der Waals surface area (Å²) in [7, 11) is 1.60. The van der Waals surface area contributed by atoms with Crippen LogP contribution in [0.25, 0.3) is 21.5 Å². The fourth-order valence-corrected chi connectivity index (χ4v) is 3.01. The summed E-state index contributed by atoms with van der Waals surface area (Å²) in [6, 6.07) is 8.12. The molecule has 0 saturated heterocycles. The standard InChI is InChI=1S/C14H15N3O2S/c1-14(15,8-18-2)13-16-12(19-17-13)10-7-20-11-6-4-3-5-9(10)11/h3-7H,8,15H2,1-2H3. The maximum absolute atomic E-state index is 6.12. The number of fused-ring (bicyclic) bond motifs is 1. The third-order valence-corrected chi connectivity index (χ3v) is 4.06. The molecule has 2 heterocycles. The van der Waals surface area contributed by atoms with Crippen LogP contribution in [0.5, 0.6) is 0 Å². The lowest BCUT2D eigenvalue weighted by molar-refractivity contribution is 0.135. The number of thiophene rings is 1. The summed E-state index contributed by atoms with van der Waals surface area (Å²) in [4.78, 5) is 4.42. The molecule has 2 aromatic heterocycles. The topological polar surface area (TPSA) is 74.2 Å². The zero-order chi connectivity index (χ0) is 14.2. The van der Waals surface area contributed by atoms with Crippen LogP contribution in [0.4, 0.5) is 0 Å². The van der Waals surface area contributed by atoms with Gasteiger partial charge in [-0.2, -0.15) is 4.98 Å². The number of rotatable bonds is 4. The van der Waals surface area contributed by atoms with Gasteiger partial charge in [0.05, 0.1) is 12.2 Å². The highest BCUT2D eigenvalue weighted by atomic mass is 32.1. The van der Waals surface area contributed by atoms with Crippen LogP contribution in [0, 0.1) is 0 Å². The van der Waals surface area contributed by atoms with Crippen LogP contribution in [0.3, 0.4) is 0 Å². The highest BCUT2D eigenvalue weighted by molar-refractivity contribution is 7.17. The second-order valence-corrected chi connectivity index (χ2v) is 5.83. The molecule has 6 heteroatoms. The monoisotopic (exact) mass is 289 g/mol. The van der Waals surface area contributed by atoms with Crippen molar-refractivity contribution in [3.63, 3.8) is 0 Å². The molecule has 3 rings (SSSR count). The molecule has 0 aliphatic heterocycles. The Morgan fingerprint density at radius 3 is 3.00 bits per heavy atom. The molecule has 0 radical (unpaired) electrons. The van der Waals surface area contributed by atoms with E-state index in [4.69, 9.17) is 15.0 Å². The molecule has 0 bridgehead atoms. The number of benzene rings is 1. The lowest BCUT2D eigenvalue weighted by Crippen LogP contribution is -2.38. The van der Waals surface area contributed by atoms with Gasteiger partial charge in [-0.15, -0.1) is 11.3 Å². The maximum atomic E-state index is 6.12. The third-order valence-electron chi connectivity index (χ3n) is 3.09. The van der Waals surface area contributed by atoms with Crippen molar-refractivity contribution in [2.24, 2.45) is 5.73 Å². The second kappa shape index (κ2) is 4.97. The Bertz CT molecular complexity index is 733. The van der Waals surface area contributed by atoms with Gasteiger partial charge in [0.2, 0.25) is 0 Å². The molecule has 0 spiro atoms. The first kappa shape index (κ1) is 13.2. The summed E-state index contributed by atoms with van der Waals surface area (Å²) in [6.07, 6.45) is 0. The first-order valence-corrected chi connectivity index (χ1v) is 7.08. The van der Waals surface area contributed by atoms with Crippen molar-refractivity contribution in [3.8, 4) is 11.5 Å². The van der Waals surface area contributed by atoms with Crippen LogP contribution in [-0.2, 0) is 10.3 Å². The zero-order valence-corrected chi connectivity index (χ0v) is 12.1. The number of ether oxygens (including phenoxy) is 1. The van der Waals surface area contributed by atoms with Gasteiger partial charge in [-0.3, -0.25) is 0 Å². The molecule has 0 saturated carbocycles. The predicted octanol–water partition coefficient (Wildman–Crippen LogP) is 2.77. The normalized spacial score (nSPS) is 14.6. The number of hydrogen-bond donors (Lipinski definition) is 1. The lowest BCUT2D eigenvalue weighted by atomic mass is 10.1. The molecule has 0 fully saturated rings. The van der Waals surface area contributed by atoms with Crippen molar-refractivity contribution < 1.29 is 9.26 Å². The molecule has 1 atom stereocenters. The minimum absolute atomic E-state index is 0.330. The number of nitrogens with zero attached hydrogens (tertiary/aromatic N) is 2. The number of aromatic nitrogens is 2. The number of hydrogen-bond acceptors (Lipinski definition) is 6. The molecule has 3 aromatic rings. The van der Waals surface area contributed by atoms with E-state index in [1.54, 1.807) is 18.4 Å². The van der Waals surface area contributed by atoms with Gasteiger partial charge in [-0.25, -0.2) is 0 Å². The fraction of sp³-hybridized carbons (Fsp3) is 0.286. The van der Waals surface area contributed by atoms with Crippen LogP contribution < -0.4 is 5.73 Å². The van der Waals surface area contributed by atoms with Crippen LogP contribution >= 0.6 is 11.3 Å². The van der Waals surface area contributed by atoms with Gasteiger partial charge in [0, 0.05) is 22.6 Å². The van der Waals surface area contributed by atoms with Gasteiger partial charge in [0.15, 0.2) is 5.82 Å². The van der Waals surface area contributed by atoms with E-state index < -0.39 is 5.54 Å². The van der Waals surface area contributed by atoms with Crippen molar-refractivity contribution >= 4 is 21.4 Å². The van der Waals surface area contributed by atoms with Crippen molar-refractivity contribution in [1.82, 2.24) is 10.1 Å². The van der Waals surface area contributed by atoms with E-state index in [2.05, 4.69) is 16.2 Å². The fourth-order valence-electron chi connectivity index (χ4n) is 2.07. The van der Waals surface area contributed by atoms with Crippen LogP contribution in [0.2, 0.25) is 0 Å². The van der Waals surface area contributed by atoms with Gasteiger partial charge in [-0.1, -0.05) is 23.4 Å². The van der Waals surface area contributed by atoms with Gasteiger partial charge >= 0.3 is 0 Å². The molecule has 2 N–H and O–H groups in total. The molecule has 0 aliphatic carbocycles. The Kier molecular flexibility index (Phi) is 3.29. The third kappa shape index (κ3) is 2.22. The molecule has 1 unspecified atom stereocenters. The van der Waals surface area contributed by atoms with E-state index in [1.807, 2.05) is 30.5 Å². The van der Waals surface area contributed by atoms with Crippen LogP contribution in [0.15, 0.2) is 34.2 Å². The summed E-state index contributed by atoms with van der Waals surface area (Å²) in [6.45, 7) is 2.15. The Morgan fingerprint density at radius 1 is 1.40 bits per heavy atom. The quantitative estimate of drug-likeness (QED) is 0.799. The molecular weight excluding hydrogens is 274 g/mol. The Hall–Kier alpha value is -1.76. The molecule has 0 aliphatic rings. The van der Waals surface area contributed by atoms with E-state index in [-0.39, 0.29) is 0 Å². The Labute approximate surface area is 120 Å². The molecule has 5 nitrogen and oxygen atoms in total. The lowest BCUT2D eigenvalue weighted by Gasteiger charge is -2.18. The molecule has 0 amide bonds. The minimum atomic E-state index is -0.762. The molecule has 1 aromatic carbocycles. The SMILES string of the molecule is COCC(C)(N)c1noc(-c2csc3ccccc23)n1. The average Bonchev–Trinajstić information content (AvgIpc) is 3.05. The van der Waals surface area contributed by atoms with Crippen molar-refractivity contribution in [2.45, 2.75) is 12.5 Å². The molecule has 20 heavy (non-hydrogen) atoms. The van der Waals surface area contributed by atoms with Gasteiger partial charge in [-0.05, 0) is 13.0 Å². The summed E-state index contributed by atoms with van der Waals surface area (Å²) in [5.41, 5.74) is 6.30. The van der Waals surface area contributed by atoms with Crippen molar-refractivity contribution in [2.75, 3.05) is 13.7 Å². The number of nitrogens with two attached hydrogens (primary N) is 1. The molecule has 104 valence electrons. The summed E-state index contributed by atoms with van der Waals surface area (Å²) >= 11 is 1.65. The summed E-state index contributed by atoms with van der Waals surface area (Å²) in [5.74, 6) is 0.940. The smallest absolute Gasteiger partial charge is 0.259 e. The van der Waals surface area contributed by atoms with E-state index >= 15 is 0 Å². The van der Waals surface area contributed by atoms with Gasteiger partial charge in [0.25, 0.3) is 5.89 Å².